The molecular formula is C24H32ClN3O5S. The number of benzene rings is 1. The molecule has 34 heavy (non-hydrogen) atoms. The third-order valence-electron chi connectivity index (χ3n) is 6.24. The predicted octanol–water partition coefficient (Wildman–Crippen LogP) is 3.05. The van der Waals surface area contributed by atoms with Crippen LogP contribution in [0.2, 0.25) is 5.02 Å². The number of carbonyl (C=O) groups is 4. The van der Waals surface area contributed by atoms with E-state index < -0.39 is 29.2 Å². The molecule has 0 spiro atoms. The van der Waals surface area contributed by atoms with Gasteiger partial charge < -0.3 is 20.7 Å². The molecule has 3 amide bonds. The van der Waals surface area contributed by atoms with E-state index >= 15 is 0 Å². The quantitative estimate of drug-likeness (QED) is 0.342. The molecule has 0 aromatic heterocycles. The maximum atomic E-state index is 12.9. The van der Waals surface area contributed by atoms with Crippen molar-refractivity contribution < 1.29 is 23.9 Å². The zero-order valence-corrected chi connectivity index (χ0v) is 21.0. The molecule has 2 fully saturated rings. The van der Waals surface area contributed by atoms with Gasteiger partial charge in [-0.2, -0.15) is 0 Å². The van der Waals surface area contributed by atoms with Crippen molar-refractivity contribution in [1.29, 1.82) is 0 Å². The summed E-state index contributed by atoms with van der Waals surface area (Å²) in [5.74, 6) is -0.363. The Hall–Kier alpha value is -2.26. The molecule has 2 aliphatic rings. The Labute approximate surface area is 210 Å². The van der Waals surface area contributed by atoms with E-state index in [0.717, 1.165) is 12.0 Å². The van der Waals surface area contributed by atoms with Crippen molar-refractivity contribution in [2.45, 2.75) is 57.5 Å². The van der Waals surface area contributed by atoms with Gasteiger partial charge in [-0.15, -0.1) is 12.6 Å². The van der Waals surface area contributed by atoms with Gasteiger partial charge in [-0.1, -0.05) is 37.6 Å². The monoisotopic (exact) mass is 509 g/mol. The lowest BCUT2D eigenvalue weighted by Gasteiger charge is -2.24. The average Bonchev–Trinajstić information content (AvgIpc) is 3.44. The van der Waals surface area contributed by atoms with Crippen molar-refractivity contribution in [2.24, 2.45) is 17.8 Å². The molecule has 1 aliphatic carbocycles. The number of alkyl carbamates (subject to hydrolysis) is 1. The number of hydrogen-bond acceptors (Lipinski definition) is 5. The van der Waals surface area contributed by atoms with E-state index in [1.807, 2.05) is 38.1 Å². The highest BCUT2D eigenvalue weighted by molar-refractivity contribution is 7.96. The van der Waals surface area contributed by atoms with E-state index in [2.05, 4.69) is 28.6 Å². The number of carbonyl (C=O) groups excluding carboxylic acids is 4. The summed E-state index contributed by atoms with van der Waals surface area (Å²) >= 11 is 9.93. The molecule has 8 nitrogen and oxygen atoms in total. The lowest BCUT2D eigenvalue weighted by molar-refractivity contribution is -0.128. The molecule has 0 unspecified atom stereocenters. The van der Waals surface area contributed by atoms with Crippen LogP contribution in [0, 0.1) is 17.8 Å². The highest BCUT2D eigenvalue weighted by Gasteiger charge is 2.39. The van der Waals surface area contributed by atoms with Gasteiger partial charge in [0.05, 0.1) is 12.6 Å². The maximum absolute atomic E-state index is 12.9. The van der Waals surface area contributed by atoms with E-state index in [0.29, 0.717) is 30.3 Å². The summed E-state index contributed by atoms with van der Waals surface area (Å²) in [7, 11) is 0. The zero-order chi connectivity index (χ0) is 24.8. The van der Waals surface area contributed by atoms with E-state index in [1.54, 1.807) is 0 Å². The van der Waals surface area contributed by atoms with Gasteiger partial charge in [0.1, 0.15) is 6.04 Å². The largest absolute Gasteiger partial charge is 0.449 e. The van der Waals surface area contributed by atoms with Crippen LogP contribution in [0.3, 0.4) is 0 Å². The molecule has 1 saturated heterocycles. The Kier molecular flexibility index (Phi) is 9.24. The molecule has 0 radical (unpaired) electrons. The van der Waals surface area contributed by atoms with Gasteiger partial charge in [0.25, 0.3) is 0 Å². The molecule has 186 valence electrons. The van der Waals surface area contributed by atoms with E-state index in [1.165, 1.54) is 0 Å². The number of ether oxygens (including phenoxy) is 1. The van der Waals surface area contributed by atoms with Crippen molar-refractivity contribution in [3.8, 4) is 0 Å². The fourth-order valence-corrected chi connectivity index (χ4v) is 4.66. The Morgan fingerprint density at radius 1 is 1.24 bits per heavy atom. The van der Waals surface area contributed by atoms with Crippen LogP contribution < -0.4 is 16.0 Å². The Morgan fingerprint density at radius 2 is 2.00 bits per heavy atom. The lowest BCUT2D eigenvalue weighted by atomic mass is 9.98. The van der Waals surface area contributed by atoms with E-state index in [4.69, 9.17) is 16.3 Å². The van der Waals surface area contributed by atoms with Gasteiger partial charge in [0.15, 0.2) is 0 Å². The third kappa shape index (κ3) is 7.63. The summed E-state index contributed by atoms with van der Waals surface area (Å²) < 4.78 is 5.39. The summed E-state index contributed by atoms with van der Waals surface area (Å²) in [6.07, 6.45) is 1.37. The third-order valence-corrected chi connectivity index (χ3v) is 6.79. The molecule has 5 atom stereocenters. The molecule has 1 aromatic rings. The second-order valence-corrected chi connectivity index (χ2v) is 10.4. The second kappa shape index (κ2) is 11.9. The first kappa shape index (κ1) is 26.3. The zero-order valence-electron chi connectivity index (χ0n) is 19.4. The minimum Gasteiger partial charge on any atom is -0.449 e. The summed E-state index contributed by atoms with van der Waals surface area (Å²) in [6.45, 7) is 4.65. The number of rotatable bonds is 11. The molecule has 1 aromatic carbocycles. The Morgan fingerprint density at radius 3 is 2.62 bits per heavy atom. The predicted molar refractivity (Wildman–Crippen MR) is 132 cm³/mol. The molecule has 3 rings (SSSR count). The molecule has 1 saturated carbocycles. The summed E-state index contributed by atoms with van der Waals surface area (Å²) in [5.41, 5.74) is 1.12. The molecular weight excluding hydrogens is 478 g/mol. The molecule has 1 aliphatic heterocycles. The van der Waals surface area contributed by atoms with Gasteiger partial charge in [-0.3, -0.25) is 14.4 Å². The topological polar surface area (TPSA) is 114 Å². The van der Waals surface area contributed by atoms with Gasteiger partial charge in [-0.05, 0) is 55.2 Å². The minimum atomic E-state index is -0.915. The first-order valence-electron chi connectivity index (χ1n) is 11.6. The lowest BCUT2D eigenvalue weighted by Crippen LogP contribution is -2.52. The smallest absolute Gasteiger partial charge is 0.407 e. The number of hydrogen-bond donors (Lipinski definition) is 4. The van der Waals surface area contributed by atoms with Crippen molar-refractivity contribution in [2.75, 3.05) is 13.2 Å². The summed E-state index contributed by atoms with van der Waals surface area (Å²) in [6, 6.07) is 5.86. The number of nitrogens with one attached hydrogen (secondary N) is 3. The highest BCUT2D eigenvalue weighted by atomic mass is 35.5. The normalized spacial score (nSPS) is 23.1. The van der Waals surface area contributed by atoms with E-state index in [9.17, 15) is 19.2 Å². The first-order valence-corrected chi connectivity index (χ1v) is 12.5. The van der Waals surface area contributed by atoms with E-state index in [-0.39, 0.29) is 36.7 Å². The van der Waals surface area contributed by atoms with Crippen LogP contribution in [0.15, 0.2) is 24.3 Å². The fourth-order valence-electron chi connectivity index (χ4n) is 4.30. The standard InChI is InChI=1S/C24H32ClN3O5S/c1-13(2)8-19(22(30)27-20(23(31)34)11-15-6-7-26-21(15)29)28-24(32)33-12-16-10-18(16)14-4-3-5-17(25)9-14/h3-5,9,13,15-16,18-20H,6-8,10-12H2,1-2H3,(H,26,29)(H,27,30)(H,28,32)(H,31,34)/t15-,16-,18-,19-,20-/m0/s1. The Balaban J connectivity index is 1.51. The van der Waals surface area contributed by atoms with Crippen LogP contribution in [-0.2, 0) is 19.1 Å². The molecule has 3 N–H and O–H groups in total. The SMILES string of the molecule is CC(C)C[C@H](NC(=O)OC[C@@H]1C[C@H]1c1cccc(Cl)c1)C(=O)N[C@@H](C[C@@H]1CCNC1=O)C(=O)S. The van der Waals surface area contributed by atoms with Gasteiger partial charge in [0, 0.05) is 23.4 Å². The summed E-state index contributed by atoms with van der Waals surface area (Å²) in [4.78, 5) is 49.2. The average molecular weight is 510 g/mol. The second-order valence-electron chi connectivity index (χ2n) is 9.49. The van der Waals surface area contributed by atoms with Crippen LogP contribution in [0.25, 0.3) is 0 Å². The maximum Gasteiger partial charge on any atom is 0.407 e. The molecule has 0 bridgehead atoms. The van der Waals surface area contributed by atoms with Gasteiger partial charge in [0.2, 0.25) is 16.9 Å². The van der Waals surface area contributed by atoms with Crippen LogP contribution in [0.1, 0.15) is 51.0 Å². The molecule has 1 heterocycles. The van der Waals surface area contributed by atoms with Crippen molar-refractivity contribution in [3.05, 3.63) is 34.9 Å². The Bertz CT molecular complexity index is 928. The van der Waals surface area contributed by atoms with Crippen molar-refractivity contribution in [1.82, 2.24) is 16.0 Å². The fraction of sp³-hybridized carbons (Fsp3) is 0.583. The van der Waals surface area contributed by atoms with Crippen molar-refractivity contribution >= 4 is 47.3 Å². The molecule has 10 heteroatoms. The van der Waals surface area contributed by atoms with Crippen LogP contribution >= 0.6 is 24.2 Å². The van der Waals surface area contributed by atoms with Crippen molar-refractivity contribution in [3.63, 3.8) is 0 Å². The van der Waals surface area contributed by atoms with Crippen LogP contribution in [-0.4, -0.2) is 48.3 Å². The minimum absolute atomic E-state index is 0.109. The number of amides is 3. The number of halogens is 1. The van der Waals surface area contributed by atoms with Gasteiger partial charge in [-0.25, -0.2) is 4.79 Å². The van der Waals surface area contributed by atoms with Gasteiger partial charge >= 0.3 is 6.09 Å². The van der Waals surface area contributed by atoms with Crippen LogP contribution in [0.4, 0.5) is 4.79 Å². The van der Waals surface area contributed by atoms with Crippen LogP contribution in [0.5, 0.6) is 0 Å². The number of thiol groups is 1. The first-order chi connectivity index (χ1) is 16.1. The summed E-state index contributed by atoms with van der Waals surface area (Å²) in [5, 5.41) is 8.16. The highest BCUT2D eigenvalue weighted by Crippen LogP contribution is 2.47.